The van der Waals surface area contributed by atoms with Gasteiger partial charge in [-0.1, -0.05) is 0 Å². The Bertz CT molecular complexity index is 763. The van der Waals surface area contributed by atoms with Gasteiger partial charge in [0.2, 0.25) is 5.69 Å². The maximum Gasteiger partial charge on any atom is 0.362 e. The molecule has 0 spiro atoms. The summed E-state index contributed by atoms with van der Waals surface area (Å²) in [5.74, 6) is -0.768. The Morgan fingerprint density at radius 1 is 1.48 bits per heavy atom. The van der Waals surface area contributed by atoms with E-state index in [1.165, 1.54) is 12.0 Å². The van der Waals surface area contributed by atoms with Crippen molar-refractivity contribution in [2.75, 3.05) is 14.2 Å². The van der Waals surface area contributed by atoms with Crippen LogP contribution in [0, 0.1) is 24.0 Å². The van der Waals surface area contributed by atoms with Gasteiger partial charge < -0.3 is 9.64 Å². The van der Waals surface area contributed by atoms with Crippen molar-refractivity contribution < 1.29 is 14.5 Å². The molecule has 10 nitrogen and oxygen atoms in total. The van der Waals surface area contributed by atoms with Crippen LogP contribution in [0.15, 0.2) is 0 Å². The monoisotopic (exact) mass is 322 g/mol. The first-order chi connectivity index (χ1) is 10.8. The fourth-order valence-corrected chi connectivity index (χ4v) is 2.33. The lowest BCUT2D eigenvalue weighted by molar-refractivity contribution is -0.386. The normalized spacial score (nSPS) is 10.7. The number of H-pyrrole nitrogens is 1. The highest BCUT2D eigenvalue weighted by Crippen LogP contribution is 2.28. The van der Waals surface area contributed by atoms with E-state index in [1.54, 1.807) is 11.7 Å². The SMILES string of the molecule is COc1n[nH]c(C(=O)N(C)Cc2c(C)nn(C)c2C)c1[N+](=O)[O-]. The molecule has 0 aliphatic carbocycles. The first kappa shape index (κ1) is 16.5. The molecule has 2 heterocycles. The Hall–Kier alpha value is -2.91. The standard InChI is InChI=1S/C13H18N6O4/c1-7-9(8(2)18(4)16-7)6-17(3)13(20)10-11(19(21)22)12(23-5)15-14-10/h6H2,1-5H3,(H,14,15). The van der Waals surface area contributed by atoms with Crippen LogP contribution in [0.3, 0.4) is 0 Å². The number of nitrogens with one attached hydrogen (secondary N) is 1. The van der Waals surface area contributed by atoms with Crippen LogP contribution in [0.1, 0.15) is 27.4 Å². The predicted molar refractivity (Wildman–Crippen MR) is 80.3 cm³/mol. The first-order valence-electron chi connectivity index (χ1n) is 6.79. The van der Waals surface area contributed by atoms with E-state index in [0.717, 1.165) is 17.0 Å². The van der Waals surface area contributed by atoms with Crippen LogP contribution in [0.2, 0.25) is 0 Å². The fourth-order valence-electron chi connectivity index (χ4n) is 2.33. The van der Waals surface area contributed by atoms with Gasteiger partial charge in [-0.15, -0.1) is 5.10 Å². The van der Waals surface area contributed by atoms with Crippen molar-refractivity contribution in [3.05, 3.63) is 32.8 Å². The highest BCUT2D eigenvalue weighted by atomic mass is 16.6. The van der Waals surface area contributed by atoms with Crippen LogP contribution in [-0.4, -0.2) is 49.9 Å². The molecular weight excluding hydrogens is 304 g/mol. The van der Waals surface area contributed by atoms with Crippen LogP contribution >= 0.6 is 0 Å². The number of amides is 1. The second-order valence-corrected chi connectivity index (χ2v) is 5.15. The van der Waals surface area contributed by atoms with E-state index in [4.69, 9.17) is 4.74 Å². The zero-order valence-electron chi connectivity index (χ0n) is 13.6. The van der Waals surface area contributed by atoms with E-state index < -0.39 is 16.5 Å². The topological polar surface area (TPSA) is 119 Å². The lowest BCUT2D eigenvalue weighted by Gasteiger charge is -2.16. The summed E-state index contributed by atoms with van der Waals surface area (Å²) in [4.78, 5) is 24.3. The molecule has 124 valence electrons. The zero-order valence-corrected chi connectivity index (χ0v) is 13.6. The molecule has 2 aromatic heterocycles. The van der Waals surface area contributed by atoms with Gasteiger partial charge in [0, 0.05) is 31.9 Å². The minimum Gasteiger partial charge on any atom is -0.475 e. The van der Waals surface area contributed by atoms with Gasteiger partial charge in [0.05, 0.1) is 17.7 Å². The van der Waals surface area contributed by atoms with Gasteiger partial charge in [-0.3, -0.25) is 24.7 Å². The molecule has 23 heavy (non-hydrogen) atoms. The minimum atomic E-state index is -0.690. The van der Waals surface area contributed by atoms with Crippen molar-refractivity contribution in [3.63, 3.8) is 0 Å². The quantitative estimate of drug-likeness (QED) is 0.646. The molecule has 0 saturated heterocycles. The van der Waals surface area contributed by atoms with Crippen molar-refractivity contribution in [1.29, 1.82) is 0 Å². The number of ether oxygens (including phenoxy) is 1. The summed E-state index contributed by atoms with van der Waals surface area (Å²) in [7, 11) is 4.63. The van der Waals surface area contributed by atoms with Crippen LogP contribution in [0.25, 0.3) is 0 Å². The number of methoxy groups -OCH3 is 1. The second-order valence-electron chi connectivity index (χ2n) is 5.15. The fraction of sp³-hybridized carbons (Fsp3) is 0.462. The van der Waals surface area contributed by atoms with Gasteiger partial charge in [-0.05, 0) is 13.8 Å². The van der Waals surface area contributed by atoms with Gasteiger partial charge >= 0.3 is 11.6 Å². The summed E-state index contributed by atoms with van der Waals surface area (Å²) in [5, 5.41) is 21.5. The van der Waals surface area contributed by atoms with Crippen LogP contribution < -0.4 is 4.74 Å². The van der Waals surface area contributed by atoms with Gasteiger partial charge in [-0.2, -0.15) is 5.10 Å². The molecule has 1 amide bonds. The molecule has 0 aliphatic heterocycles. The number of carbonyl (C=O) groups excluding carboxylic acids is 1. The van der Waals surface area contributed by atoms with E-state index in [-0.39, 0.29) is 18.1 Å². The Morgan fingerprint density at radius 3 is 2.61 bits per heavy atom. The van der Waals surface area contributed by atoms with Crippen LogP contribution in [0.5, 0.6) is 5.88 Å². The van der Waals surface area contributed by atoms with E-state index in [9.17, 15) is 14.9 Å². The average Bonchev–Trinajstić information content (AvgIpc) is 3.03. The number of nitro groups is 1. The Labute approximate surface area is 132 Å². The van der Waals surface area contributed by atoms with E-state index >= 15 is 0 Å². The summed E-state index contributed by atoms with van der Waals surface area (Å²) in [6.07, 6.45) is 0. The maximum atomic E-state index is 12.5. The molecule has 0 bridgehead atoms. The predicted octanol–water partition coefficient (Wildman–Crippen LogP) is 0.949. The Balaban J connectivity index is 2.30. The molecule has 0 fully saturated rings. The maximum absolute atomic E-state index is 12.5. The lowest BCUT2D eigenvalue weighted by atomic mass is 10.2. The third-order valence-corrected chi connectivity index (χ3v) is 3.70. The van der Waals surface area contributed by atoms with Crippen molar-refractivity contribution >= 4 is 11.6 Å². The molecule has 0 radical (unpaired) electrons. The van der Waals surface area contributed by atoms with Crippen molar-refractivity contribution in [2.24, 2.45) is 7.05 Å². The summed E-state index contributed by atoms with van der Waals surface area (Å²) < 4.78 is 6.54. The highest BCUT2D eigenvalue weighted by molar-refractivity contribution is 5.96. The zero-order chi connectivity index (χ0) is 17.3. The number of aromatic nitrogens is 4. The molecule has 10 heteroatoms. The van der Waals surface area contributed by atoms with Crippen molar-refractivity contribution in [2.45, 2.75) is 20.4 Å². The van der Waals surface area contributed by atoms with Crippen molar-refractivity contribution in [3.8, 4) is 5.88 Å². The smallest absolute Gasteiger partial charge is 0.362 e. The lowest BCUT2D eigenvalue weighted by Crippen LogP contribution is -2.27. The Morgan fingerprint density at radius 2 is 2.13 bits per heavy atom. The number of aryl methyl sites for hydroxylation is 2. The van der Waals surface area contributed by atoms with Crippen molar-refractivity contribution in [1.82, 2.24) is 24.9 Å². The summed E-state index contributed by atoms with van der Waals surface area (Å²) in [6.45, 7) is 4.03. The molecular formula is C13H18N6O4. The van der Waals surface area contributed by atoms with Gasteiger partial charge in [0.15, 0.2) is 0 Å². The van der Waals surface area contributed by atoms with Crippen LogP contribution in [-0.2, 0) is 13.6 Å². The third-order valence-electron chi connectivity index (χ3n) is 3.70. The van der Waals surface area contributed by atoms with Gasteiger partial charge in [0.1, 0.15) is 0 Å². The van der Waals surface area contributed by atoms with Gasteiger partial charge in [-0.25, -0.2) is 0 Å². The number of carbonyl (C=O) groups is 1. The number of hydrogen-bond acceptors (Lipinski definition) is 6. The van der Waals surface area contributed by atoms with Crippen LogP contribution in [0.4, 0.5) is 5.69 Å². The molecule has 0 aromatic carbocycles. The summed E-state index contributed by atoms with van der Waals surface area (Å²) in [6, 6.07) is 0. The summed E-state index contributed by atoms with van der Waals surface area (Å²) in [5.41, 5.74) is 1.95. The molecule has 0 saturated carbocycles. The Kier molecular flexibility index (Phi) is 4.34. The molecule has 2 rings (SSSR count). The molecule has 0 atom stereocenters. The van der Waals surface area contributed by atoms with E-state index in [0.29, 0.717) is 0 Å². The first-order valence-corrected chi connectivity index (χ1v) is 6.79. The molecule has 2 aromatic rings. The number of rotatable bonds is 5. The average molecular weight is 322 g/mol. The number of nitrogens with zero attached hydrogens (tertiary/aromatic N) is 5. The molecule has 0 unspecified atom stereocenters. The summed E-state index contributed by atoms with van der Waals surface area (Å²) >= 11 is 0. The highest BCUT2D eigenvalue weighted by Gasteiger charge is 2.32. The number of hydrogen-bond donors (Lipinski definition) is 1. The third kappa shape index (κ3) is 2.87. The number of aromatic amines is 1. The second kappa shape index (κ2) is 6.07. The van der Waals surface area contributed by atoms with E-state index in [1.807, 2.05) is 20.9 Å². The molecule has 1 N–H and O–H groups in total. The molecule has 0 aliphatic rings. The van der Waals surface area contributed by atoms with E-state index in [2.05, 4.69) is 15.3 Å². The van der Waals surface area contributed by atoms with Gasteiger partial charge in [0.25, 0.3) is 5.91 Å². The largest absolute Gasteiger partial charge is 0.475 e. The minimum absolute atomic E-state index is 0.214.